The summed E-state index contributed by atoms with van der Waals surface area (Å²) in [5, 5.41) is 10.6. The molecule has 33 heavy (non-hydrogen) atoms. The van der Waals surface area contributed by atoms with E-state index in [1.165, 1.54) is 35.4 Å². The molecule has 2 aromatic heterocycles. The van der Waals surface area contributed by atoms with Crippen LogP contribution in [0.15, 0.2) is 48.8 Å². The summed E-state index contributed by atoms with van der Waals surface area (Å²) in [5.41, 5.74) is 3.31. The van der Waals surface area contributed by atoms with Crippen LogP contribution in [0.25, 0.3) is 10.3 Å². The maximum Gasteiger partial charge on any atom is 0.189 e. The fraction of sp³-hybridized carbons (Fsp3) is 0.261. The zero-order valence-electron chi connectivity index (χ0n) is 18.2. The summed E-state index contributed by atoms with van der Waals surface area (Å²) >= 11 is 7.31. The number of hydrogen-bond donors (Lipinski definition) is 3. The summed E-state index contributed by atoms with van der Waals surface area (Å²) < 4.78 is 19.7. The third kappa shape index (κ3) is 6.35. The molecule has 7 nitrogen and oxygen atoms in total. The molecular weight excluding hydrogens is 463 g/mol. The minimum atomic E-state index is -0.471. The molecule has 0 fully saturated rings. The van der Waals surface area contributed by atoms with Crippen molar-refractivity contribution in [1.82, 2.24) is 20.3 Å². The van der Waals surface area contributed by atoms with Gasteiger partial charge in [-0.3, -0.25) is 0 Å². The Bertz CT molecular complexity index is 1220. The van der Waals surface area contributed by atoms with Crippen molar-refractivity contribution in [2.24, 2.45) is 0 Å². The topological polar surface area (TPSA) is 84.0 Å². The fourth-order valence-corrected chi connectivity index (χ4v) is 4.10. The summed E-state index contributed by atoms with van der Waals surface area (Å²) in [7, 11) is 0. The molecule has 0 amide bonds. The zero-order valence-corrected chi connectivity index (χ0v) is 19.8. The molecule has 0 bridgehead atoms. The number of aromatic nitrogens is 3. The van der Waals surface area contributed by atoms with Crippen LogP contribution in [0.5, 0.6) is 0 Å². The van der Waals surface area contributed by atoms with Crippen LogP contribution in [-0.4, -0.2) is 34.2 Å². The molecule has 4 aromatic rings. The Hall–Kier alpha value is -2.85. The van der Waals surface area contributed by atoms with E-state index in [0.717, 1.165) is 23.5 Å². The smallest absolute Gasteiger partial charge is 0.189 e. The number of ether oxygens (including phenoxy) is 1. The number of hydrogen-bond acceptors (Lipinski definition) is 8. The number of fused-ring (bicyclic) bond motifs is 1. The van der Waals surface area contributed by atoms with Gasteiger partial charge in [-0.25, -0.2) is 14.4 Å². The van der Waals surface area contributed by atoms with E-state index in [1.807, 2.05) is 26.0 Å². The molecule has 10 heteroatoms. The molecule has 0 aliphatic rings. The standard InChI is InChI=1S/C23H24ClFN6OS/c1-14(2)32-10-9-26-12-15-3-5-16(6-4-15)30-23-31-22-20(33-23)21(27-13-28-22)29-17-7-8-19(25)18(24)11-17/h3-8,11,13-14,26H,9-10,12H2,1-2H3,(H2,27,28,29,30,31). The second-order valence-electron chi connectivity index (χ2n) is 7.57. The monoisotopic (exact) mass is 486 g/mol. The van der Waals surface area contributed by atoms with Crippen molar-refractivity contribution in [3.05, 3.63) is 65.2 Å². The first-order chi connectivity index (χ1) is 16.0. The Labute approximate surface area is 200 Å². The minimum absolute atomic E-state index is 0.0412. The Morgan fingerprint density at radius 1 is 1.06 bits per heavy atom. The van der Waals surface area contributed by atoms with Crippen molar-refractivity contribution in [1.29, 1.82) is 0 Å². The molecule has 0 saturated heterocycles. The highest BCUT2D eigenvalue weighted by Crippen LogP contribution is 2.33. The molecule has 0 aliphatic carbocycles. The SMILES string of the molecule is CC(C)OCCNCc1ccc(Nc2nc3ncnc(Nc4ccc(F)c(Cl)c4)c3s2)cc1. The van der Waals surface area contributed by atoms with E-state index in [4.69, 9.17) is 16.3 Å². The van der Waals surface area contributed by atoms with Crippen LogP contribution in [0.2, 0.25) is 5.02 Å². The number of benzene rings is 2. The number of rotatable bonds is 10. The summed E-state index contributed by atoms with van der Waals surface area (Å²) in [5.74, 6) is 0.109. The lowest BCUT2D eigenvalue weighted by Gasteiger charge is -2.09. The van der Waals surface area contributed by atoms with Crippen molar-refractivity contribution >= 4 is 55.6 Å². The van der Waals surface area contributed by atoms with E-state index >= 15 is 0 Å². The summed E-state index contributed by atoms with van der Waals surface area (Å²) in [4.78, 5) is 13.1. The molecule has 172 valence electrons. The first kappa shape index (κ1) is 23.3. The van der Waals surface area contributed by atoms with Crippen molar-refractivity contribution in [2.75, 3.05) is 23.8 Å². The molecule has 2 heterocycles. The van der Waals surface area contributed by atoms with Crippen LogP contribution in [0.1, 0.15) is 19.4 Å². The van der Waals surface area contributed by atoms with E-state index < -0.39 is 5.82 Å². The normalized spacial score (nSPS) is 11.3. The van der Waals surface area contributed by atoms with Gasteiger partial charge in [0.15, 0.2) is 16.6 Å². The van der Waals surface area contributed by atoms with Gasteiger partial charge in [0.1, 0.15) is 16.8 Å². The lowest BCUT2D eigenvalue weighted by molar-refractivity contribution is 0.0807. The molecular formula is C23H24ClFN6OS. The molecule has 0 unspecified atom stereocenters. The average molecular weight is 487 g/mol. The quantitative estimate of drug-likeness (QED) is 0.241. The number of halogens is 2. The van der Waals surface area contributed by atoms with E-state index in [0.29, 0.717) is 28.9 Å². The third-order valence-electron chi connectivity index (χ3n) is 4.64. The van der Waals surface area contributed by atoms with E-state index in [-0.39, 0.29) is 11.1 Å². The van der Waals surface area contributed by atoms with Gasteiger partial charge in [-0.2, -0.15) is 4.98 Å². The van der Waals surface area contributed by atoms with Gasteiger partial charge in [0.05, 0.1) is 17.7 Å². The number of anilines is 4. The Kier molecular flexibility index (Phi) is 7.66. The van der Waals surface area contributed by atoms with Gasteiger partial charge >= 0.3 is 0 Å². The predicted molar refractivity (Wildman–Crippen MR) is 132 cm³/mol. The maximum absolute atomic E-state index is 13.4. The van der Waals surface area contributed by atoms with Gasteiger partial charge in [0.2, 0.25) is 0 Å². The summed E-state index contributed by atoms with van der Waals surface area (Å²) in [6.45, 7) is 6.35. The fourth-order valence-electron chi connectivity index (χ4n) is 3.04. The van der Waals surface area contributed by atoms with E-state index in [2.05, 4.69) is 43.0 Å². The molecule has 4 rings (SSSR count). The average Bonchev–Trinajstić information content (AvgIpc) is 3.20. The van der Waals surface area contributed by atoms with E-state index in [9.17, 15) is 4.39 Å². The van der Waals surface area contributed by atoms with Gasteiger partial charge in [-0.15, -0.1) is 0 Å². The van der Waals surface area contributed by atoms with Gasteiger partial charge < -0.3 is 20.7 Å². The Morgan fingerprint density at radius 3 is 2.61 bits per heavy atom. The second-order valence-corrected chi connectivity index (χ2v) is 8.97. The van der Waals surface area contributed by atoms with Crippen molar-refractivity contribution < 1.29 is 9.13 Å². The summed E-state index contributed by atoms with van der Waals surface area (Å²) in [6, 6.07) is 12.6. The molecule has 0 spiro atoms. The second kappa shape index (κ2) is 10.8. The first-order valence-electron chi connectivity index (χ1n) is 10.5. The van der Waals surface area contributed by atoms with Crippen LogP contribution < -0.4 is 16.0 Å². The molecule has 2 aromatic carbocycles. The molecule has 0 atom stereocenters. The predicted octanol–water partition coefficient (Wildman–Crippen LogP) is 5.88. The zero-order chi connectivity index (χ0) is 23.2. The van der Waals surface area contributed by atoms with Crippen LogP contribution in [-0.2, 0) is 11.3 Å². The Morgan fingerprint density at radius 2 is 1.85 bits per heavy atom. The van der Waals surface area contributed by atoms with Crippen molar-refractivity contribution in [2.45, 2.75) is 26.5 Å². The van der Waals surface area contributed by atoms with Crippen LogP contribution in [0, 0.1) is 5.82 Å². The largest absolute Gasteiger partial charge is 0.377 e. The van der Waals surface area contributed by atoms with Gasteiger partial charge in [-0.05, 0) is 49.7 Å². The highest BCUT2D eigenvalue weighted by atomic mass is 35.5. The highest BCUT2D eigenvalue weighted by molar-refractivity contribution is 7.22. The van der Waals surface area contributed by atoms with Crippen LogP contribution in [0.3, 0.4) is 0 Å². The minimum Gasteiger partial charge on any atom is -0.377 e. The highest BCUT2D eigenvalue weighted by Gasteiger charge is 2.12. The lowest BCUT2D eigenvalue weighted by Crippen LogP contribution is -2.20. The third-order valence-corrected chi connectivity index (χ3v) is 5.89. The van der Waals surface area contributed by atoms with Crippen LogP contribution >= 0.6 is 22.9 Å². The van der Waals surface area contributed by atoms with Gasteiger partial charge in [-0.1, -0.05) is 35.1 Å². The maximum atomic E-state index is 13.4. The van der Waals surface area contributed by atoms with E-state index in [1.54, 1.807) is 6.07 Å². The Balaban J connectivity index is 1.40. The molecule has 0 saturated carbocycles. The van der Waals surface area contributed by atoms with Gasteiger partial charge in [0.25, 0.3) is 0 Å². The molecule has 0 radical (unpaired) electrons. The number of nitrogens with zero attached hydrogens (tertiary/aromatic N) is 3. The van der Waals surface area contributed by atoms with Crippen LogP contribution in [0.4, 0.5) is 26.7 Å². The van der Waals surface area contributed by atoms with Crippen molar-refractivity contribution in [3.8, 4) is 0 Å². The number of nitrogens with one attached hydrogen (secondary N) is 3. The lowest BCUT2D eigenvalue weighted by atomic mass is 10.2. The summed E-state index contributed by atoms with van der Waals surface area (Å²) in [6.07, 6.45) is 1.69. The number of thiazole rings is 1. The molecule has 3 N–H and O–H groups in total. The molecule has 0 aliphatic heterocycles. The van der Waals surface area contributed by atoms with Gasteiger partial charge in [0, 0.05) is 24.5 Å². The first-order valence-corrected chi connectivity index (χ1v) is 11.7. The van der Waals surface area contributed by atoms with Crippen molar-refractivity contribution in [3.63, 3.8) is 0 Å².